The highest BCUT2D eigenvalue weighted by atomic mass is 32.2. The SMILES string of the molecule is Cc1cc([S+](c2ccccc2)c2ccccc2)cc(C)c1OCC(=O)OC12CCCC3CC(C1)C3C2. The maximum absolute atomic E-state index is 12.9. The molecular weight excluding hydrogens is 464 g/mol. The number of carbonyl (C=O) groups is 1. The zero-order chi connectivity index (χ0) is 24.7. The molecule has 3 aliphatic rings. The third kappa shape index (κ3) is 4.45. The molecule has 6 rings (SSSR count). The first-order valence-corrected chi connectivity index (χ1v) is 14.5. The van der Waals surface area contributed by atoms with Gasteiger partial charge in [0.05, 0.1) is 10.9 Å². The predicted molar refractivity (Wildman–Crippen MR) is 143 cm³/mol. The van der Waals surface area contributed by atoms with Crippen LogP contribution in [0.3, 0.4) is 0 Å². The summed E-state index contributed by atoms with van der Waals surface area (Å²) >= 11 is 0. The lowest BCUT2D eigenvalue weighted by Gasteiger charge is -2.40. The Hall–Kier alpha value is -2.72. The molecule has 0 aliphatic heterocycles. The Morgan fingerprint density at radius 2 is 1.53 bits per heavy atom. The van der Waals surface area contributed by atoms with Crippen LogP contribution in [-0.2, 0) is 20.4 Å². The molecule has 4 atom stereocenters. The fraction of sp³-hybridized carbons (Fsp3) is 0.406. The predicted octanol–water partition coefficient (Wildman–Crippen LogP) is 7.29. The monoisotopic (exact) mass is 499 g/mol. The highest BCUT2D eigenvalue weighted by Crippen LogP contribution is 2.61. The van der Waals surface area contributed by atoms with Crippen LogP contribution in [0.15, 0.2) is 87.5 Å². The van der Waals surface area contributed by atoms with E-state index in [1.807, 2.05) is 0 Å². The summed E-state index contributed by atoms with van der Waals surface area (Å²) in [6.07, 6.45) is 7.01. The van der Waals surface area contributed by atoms with Crippen molar-refractivity contribution in [3.05, 3.63) is 83.9 Å². The Balaban J connectivity index is 1.19. The third-order valence-electron chi connectivity index (χ3n) is 8.56. The molecule has 3 aromatic rings. The Morgan fingerprint density at radius 3 is 2.17 bits per heavy atom. The van der Waals surface area contributed by atoms with Crippen LogP contribution in [0.2, 0.25) is 0 Å². The maximum Gasteiger partial charge on any atom is 0.344 e. The fourth-order valence-electron chi connectivity index (χ4n) is 7.02. The van der Waals surface area contributed by atoms with E-state index in [2.05, 4.69) is 86.6 Å². The van der Waals surface area contributed by atoms with Gasteiger partial charge in [-0.05, 0) is 99.1 Å². The number of rotatable bonds is 7. The first-order chi connectivity index (χ1) is 17.5. The first kappa shape index (κ1) is 23.7. The number of aryl methyl sites for hydroxylation is 2. The summed E-state index contributed by atoms with van der Waals surface area (Å²) in [5, 5.41) is 0. The molecule has 2 bridgehead atoms. The Kier molecular flexibility index (Phi) is 6.33. The molecule has 3 nitrogen and oxygen atoms in total. The normalized spacial score (nSPS) is 26.2. The van der Waals surface area contributed by atoms with Gasteiger partial charge < -0.3 is 9.47 Å². The summed E-state index contributed by atoms with van der Waals surface area (Å²) in [6.45, 7) is 4.13. The average Bonchev–Trinajstić information content (AvgIpc) is 3.05. The number of esters is 1. The zero-order valence-electron chi connectivity index (χ0n) is 21.2. The van der Waals surface area contributed by atoms with Crippen LogP contribution in [0.25, 0.3) is 0 Å². The molecule has 0 aromatic heterocycles. The summed E-state index contributed by atoms with van der Waals surface area (Å²) in [7, 11) is -0.212. The van der Waals surface area contributed by atoms with E-state index in [1.165, 1.54) is 33.9 Å². The smallest absolute Gasteiger partial charge is 0.344 e. The second-order valence-electron chi connectivity index (χ2n) is 11.0. The van der Waals surface area contributed by atoms with E-state index in [-0.39, 0.29) is 29.1 Å². The summed E-state index contributed by atoms with van der Waals surface area (Å²) < 4.78 is 12.3. The molecule has 3 fully saturated rings. The largest absolute Gasteiger partial charge is 0.481 e. The molecule has 3 aliphatic carbocycles. The summed E-state index contributed by atoms with van der Waals surface area (Å²) in [4.78, 5) is 16.8. The molecule has 0 spiro atoms. The van der Waals surface area contributed by atoms with Crippen molar-refractivity contribution < 1.29 is 14.3 Å². The highest BCUT2D eigenvalue weighted by molar-refractivity contribution is 7.97. The quantitative estimate of drug-likeness (QED) is 0.253. The average molecular weight is 500 g/mol. The maximum atomic E-state index is 12.9. The van der Waals surface area contributed by atoms with Crippen LogP contribution in [0.1, 0.15) is 49.7 Å². The van der Waals surface area contributed by atoms with Crippen LogP contribution in [0, 0.1) is 31.6 Å². The van der Waals surface area contributed by atoms with E-state index < -0.39 is 0 Å². The topological polar surface area (TPSA) is 35.5 Å². The number of carbonyl (C=O) groups excluding carboxylic acids is 1. The van der Waals surface area contributed by atoms with E-state index in [9.17, 15) is 4.79 Å². The highest BCUT2D eigenvalue weighted by Gasteiger charge is 2.57. The van der Waals surface area contributed by atoms with Gasteiger partial charge in [-0.3, -0.25) is 0 Å². The molecule has 4 unspecified atom stereocenters. The third-order valence-corrected chi connectivity index (χ3v) is 10.8. The van der Waals surface area contributed by atoms with Crippen molar-refractivity contribution in [2.75, 3.05) is 6.61 Å². The van der Waals surface area contributed by atoms with Crippen molar-refractivity contribution in [2.45, 2.75) is 72.7 Å². The van der Waals surface area contributed by atoms with E-state index in [0.717, 1.165) is 53.9 Å². The van der Waals surface area contributed by atoms with Gasteiger partial charge in [0.25, 0.3) is 0 Å². The first-order valence-electron chi connectivity index (χ1n) is 13.3. The number of benzene rings is 3. The lowest BCUT2D eigenvalue weighted by atomic mass is 9.65. The minimum absolute atomic E-state index is 0.0232. The molecule has 186 valence electrons. The van der Waals surface area contributed by atoms with Crippen LogP contribution in [-0.4, -0.2) is 18.2 Å². The van der Waals surface area contributed by atoms with E-state index in [1.54, 1.807) is 0 Å². The lowest BCUT2D eigenvalue weighted by molar-refractivity contribution is -0.162. The summed E-state index contributed by atoms with van der Waals surface area (Å²) in [5.74, 6) is 3.04. The molecule has 0 amide bonds. The van der Waals surface area contributed by atoms with Gasteiger partial charge in [0.1, 0.15) is 11.4 Å². The van der Waals surface area contributed by atoms with Crippen molar-refractivity contribution in [1.82, 2.24) is 0 Å². The lowest BCUT2D eigenvalue weighted by Crippen LogP contribution is -2.35. The molecule has 0 radical (unpaired) electrons. The van der Waals surface area contributed by atoms with Gasteiger partial charge >= 0.3 is 5.97 Å². The van der Waals surface area contributed by atoms with Crippen molar-refractivity contribution >= 4 is 16.9 Å². The van der Waals surface area contributed by atoms with E-state index in [4.69, 9.17) is 9.47 Å². The number of fused-ring (bicyclic) bond motifs is 1. The molecule has 0 N–H and O–H groups in total. The molecule has 0 heterocycles. The van der Waals surface area contributed by atoms with Gasteiger partial charge in [-0.2, -0.15) is 0 Å². The Labute approximate surface area is 217 Å². The fourth-order valence-corrected chi connectivity index (χ4v) is 9.29. The zero-order valence-corrected chi connectivity index (χ0v) is 22.1. The molecule has 0 saturated heterocycles. The Bertz CT molecular complexity index is 1180. The second kappa shape index (κ2) is 9.63. The van der Waals surface area contributed by atoms with Crippen LogP contribution < -0.4 is 4.74 Å². The van der Waals surface area contributed by atoms with Gasteiger partial charge in [0.15, 0.2) is 21.3 Å². The van der Waals surface area contributed by atoms with Crippen molar-refractivity contribution in [1.29, 1.82) is 0 Å². The summed E-state index contributed by atoms with van der Waals surface area (Å²) in [5.41, 5.74) is 1.88. The number of ether oxygens (including phenoxy) is 2. The number of hydrogen-bond donors (Lipinski definition) is 0. The van der Waals surface area contributed by atoms with Gasteiger partial charge in [-0.1, -0.05) is 42.8 Å². The minimum Gasteiger partial charge on any atom is -0.481 e. The second-order valence-corrected chi connectivity index (χ2v) is 13.0. The van der Waals surface area contributed by atoms with Gasteiger partial charge in [-0.15, -0.1) is 0 Å². The molecule has 3 aromatic carbocycles. The standard InChI is InChI=1S/C32H35O3S/c1-22-16-28(36(26-11-5-3-6-12-26)27-13-7-4-8-14-27)17-23(2)31(22)34-21-30(33)35-32-15-9-10-24-18-25(19-32)29(24)20-32/h3-8,11-14,16-17,24-25,29H,9-10,15,18-21H2,1-2H3/q+1. The molecule has 4 heteroatoms. The minimum atomic E-state index is -0.227. The van der Waals surface area contributed by atoms with Gasteiger partial charge in [0.2, 0.25) is 0 Å². The van der Waals surface area contributed by atoms with Crippen LogP contribution in [0.4, 0.5) is 0 Å². The van der Waals surface area contributed by atoms with E-state index in [0.29, 0.717) is 0 Å². The van der Waals surface area contributed by atoms with Gasteiger partial charge in [-0.25, -0.2) is 4.79 Å². The van der Waals surface area contributed by atoms with Crippen LogP contribution >= 0.6 is 0 Å². The Morgan fingerprint density at radius 1 is 0.889 bits per heavy atom. The molecular formula is C32H35O3S+. The van der Waals surface area contributed by atoms with Crippen molar-refractivity contribution in [2.24, 2.45) is 17.8 Å². The summed E-state index contributed by atoms with van der Waals surface area (Å²) in [6, 6.07) is 25.8. The van der Waals surface area contributed by atoms with Crippen molar-refractivity contribution in [3.8, 4) is 5.75 Å². The molecule has 36 heavy (non-hydrogen) atoms. The van der Waals surface area contributed by atoms with Crippen LogP contribution in [0.5, 0.6) is 5.75 Å². The molecule has 3 saturated carbocycles. The number of hydrogen-bond acceptors (Lipinski definition) is 3. The van der Waals surface area contributed by atoms with Gasteiger partial charge in [0, 0.05) is 12.1 Å². The van der Waals surface area contributed by atoms with Crippen molar-refractivity contribution in [3.63, 3.8) is 0 Å². The van der Waals surface area contributed by atoms with E-state index >= 15 is 0 Å².